The van der Waals surface area contributed by atoms with Gasteiger partial charge in [-0.25, -0.2) is 0 Å². The van der Waals surface area contributed by atoms with E-state index in [1.165, 1.54) is 0 Å². The van der Waals surface area contributed by atoms with E-state index in [4.69, 9.17) is 0 Å². The average Bonchev–Trinajstić information content (AvgIpc) is 3.00. The van der Waals surface area contributed by atoms with Crippen LogP contribution in [0.3, 0.4) is 0 Å². The fourth-order valence-electron chi connectivity index (χ4n) is 2.71. The molecule has 0 fully saturated rings. The first-order valence-electron chi connectivity index (χ1n) is 6.85. The number of carbonyl (C=O) groups is 1. The Morgan fingerprint density at radius 2 is 2.20 bits per heavy atom. The molecule has 1 amide bonds. The minimum Gasteiger partial charge on any atom is -0.383 e. The van der Waals surface area contributed by atoms with Crippen LogP contribution in [0.4, 0.5) is 5.69 Å². The Labute approximate surface area is 122 Å². The molecule has 1 atom stereocenters. The molecule has 2 aromatic rings. The molecule has 3 rings (SSSR count). The van der Waals surface area contributed by atoms with Crippen LogP contribution in [0.25, 0.3) is 0 Å². The van der Waals surface area contributed by atoms with Crippen molar-refractivity contribution in [3.63, 3.8) is 0 Å². The molecule has 104 valence electrons. The number of aliphatic hydroxyl groups is 1. The molecular formula is C16H17NO2S. The van der Waals surface area contributed by atoms with Crippen LogP contribution in [0.2, 0.25) is 0 Å². The van der Waals surface area contributed by atoms with Gasteiger partial charge in [-0.2, -0.15) is 0 Å². The SMILES string of the molecule is CCN1C(=O)CCc2cc(C(O)c3cccs3)ccc21. The number of aryl methyl sites for hydroxylation is 1. The number of benzene rings is 1. The summed E-state index contributed by atoms with van der Waals surface area (Å²) in [4.78, 5) is 14.6. The van der Waals surface area contributed by atoms with Gasteiger partial charge < -0.3 is 10.0 Å². The predicted molar refractivity (Wildman–Crippen MR) is 81.2 cm³/mol. The minimum absolute atomic E-state index is 0.187. The molecule has 0 aliphatic carbocycles. The summed E-state index contributed by atoms with van der Waals surface area (Å²) >= 11 is 1.55. The first-order valence-corrected chi connectivity index (χ1v) is 7.73. The third-order valence-electron chi connectivity index (χ3n) is 3.75. The van der Waals surface area contributed by atoms with Crippen molar-refractivity contribution >= 4 is 22.9 Å². The lowest BCUT2D eigenvalue weighted by molar-refractivity contribution is -0.118. The van der Waals surface area contributed by atoms with Crippen molar-refractivity contribution in [2.75, 3.05) is 11.4 Å². The van der Waals surface area contributed by atoms with Gasteiger partial charge in [-0.15, -0.1) is 11.3 Å². The summed E-state index contributed by atoms with van der Waals surface area (Å²) in [5, 5.41) is 12.4. The first-order chi connectivity index (χ1) is 9.70. The Morgan fingerprint density at radius 1 is 1.35 bits per heavy atom. The normalized spacial score (nSPS) is 16.1. The molecule has 0 saturated heterocycles. The number of aliphatic hydroxyl groups excluding tert-OH is 1. The van der Waals surface area contributed by atoms with E-state index in [0.717, 1.165) is 28.1 Å². The van der Waals surface area contributed by atoms with Gasteiger partial charge in [0.05, 0.1) is 0 Å². The number of hydrogen-bond donors (Lipinski definition) is 1. The highest BCUT2D eigenvalue weighted by molar-refractivity contribution is 7.10. The van der Waals surface area contributed by atoms with Gasteiger partial charge in [0.25, 0.3) is 0 Å². The zero-order chi connectivity index (χ0) is 14.1. The molecule has 4 heteroatoms. The van der Waals surface area contributed by atoms with E-state index < -0.39 is 6.10 Å². The van der Waals surface area contributed by atoms with E-state index in [1.807, 2.05) is 47.5 Å². The van der Waals surface area contributed by atoms with Gasteiger partial charge >= 0.3 is 0 Å². The van der Waals surface area contributed by atoms with Crippen LogP contribution in [0.1, 0.15) is 35.5 Å². The van der Waals surface area contributed by atoms with Gasteiger partial charge in [0.2, 0.25) is 5.91 Å². The van der Waals surface area contributed by atoms with E-state index in [-0.39, 0.29) is 5.91 Å². The summed E-state index contributed by atoms with van der Waals surface area (Å²) in [5.41, 5.74) is 3.04. The standard InChI is InChI=1S/C16H17NO2S/c1-2-17-13-7-5-12(10-11(13)6-8-15(17)18)16(19)14-4-3-9-20-14/h3-5,7,9-10,16,19H,2,6,8H2,1H3. The minimum atomic E-state index is -0.576. The van der Waals surface area contributed by atoms with Gasteiger partial charge in [-0.05, 0) is 42.0 Å². The van der Waals surface area contributed by atoms with Crippen LogP contribution in [-0.2, 0) is 11.2 Å². The molecule has 0 radical (unpaired) electrons. The van der Waals surface area contributed by atoms with Crippen molar-refractivity contribution in [2.45, 2.75) is 25.9 Å². The van der Waals surface area contributed by atoms with Crippen molar-refractivity contribution in [1.29, 1.82) is 0 Å². The molecule has 0 spiro atoms. The van der Waals surface area contributed by atoms with Gasteiger partial charge in [0.15, 0.2) is 0 Å². The zero-order valence-corrected chi connectivity index (χ0v) is 12.2. The number of thiophene rings is 1. The molecule has 1 aromatic heterocycles. The van der Waals surface area contributed by atoms with Crippen molar-refractivity contribution in [3.05, 3.63) is 51.7 Å². The van der Waals surface area contributed by atoms with Crippen molar-refractivity contribution in [3.8, 4) is 0 Å². The molecule has 0 bridgehead atoms. The smallest absolute Gasteiger partial charge is 0.227 e. The second-order valence-electron chi connectivity index (χ2n) is 4.94. The van der Waals surface area contributed by atoms with Gasteiger partial charge in [-0.3, -0.25) is 4.79 Å². The van der Waals surface area contributed by atoms with Crippen LogP contribution >= 0.6 is 11.3 Å². The largest absolute Gasteiger partial charge is 0.383 e. The van der Waals surface area contributed by atoms with E-state index in [1.54, 1.807) is 11.3 Å². The highest BCUT2D eigenvalue weighted by Gasteiger charge is 2.24. The highest BCUT2D eigenvalue weighted by atomic mass is 32.1. The summed E-state index contributed by atoms with van der Waals surface area (Å²) in [6.45, 7) is 2.68. The third-order valence-corrected chi connectivity index (χ3v) is 4.67. The number of rotatable bonds is 3. The summed E-state index contributed by atoms with van der Waals surface area (Å²) in [5.74, 6) is 0.187. The van der Waals surface area contributed by atoms with Crippen LogP contribution < -0.4 is 4.90 Å². The highest BCUT2D eigenvalue weighted by Crippen LogP contribution is 2.33. The first kappa shape index (κ1) is 13.3. The number of nitrogens with zero attached hydrogens (tertiary/aromatic N) is 1. The Hall–Kier alpha value is -1.65. The monoisotopic (exact) mass is 287 g/mol. The average molecular weight is 287 g/mol. The van der Waals surface area contributed by atoms with E-state index in [9.17, 15) is 9.90 Å². The van der Waals surface area contributed by atoms with Crippen LogP contribution in [0.15, 0.2) is 35.7 Å². The zero-order valence-electron chi connectivity index (χ0n) is 11.4. The van der Waals surface area contributed by atoms with Crippen molar-refractivity contribution in [2.24, 2.45) is 0 Å². The topological polar surface area (TPSA) is 40.5 Å². The lowest BCUT2D eigenvalue weighted by Crippen LogP contribution is -2.34. The maximum Gasteiger partial charge on any atom is 0.227 e. The third kappa shape index (κ3) is 2.25. The lowest BCUT2D eigenvalue weighted by atomic mass is 9.96. The van der Waals surface area contributed by atoms with Gasteiger partial charge in [-0.1, -0.05) is 18.2 Å². The molecule has 1 aliphatic heterocycles. The number of hydrogen-bond acceptors (Lipinski definition) is 3. The molecule has 1 aromatic carbocycles. The van der Waals surface area contributed by atoms with Crippen molar-refractivity contribution in [1.82, 2.24) is 0 Å². The quantitative estimate of drug-likeness (QED) is 0.942. The van der Waals surface area contributed by atoms with E-state index in [0.29, 0.717) is 13.0 Å². The molecule has 0 saturated carbocycles. The van der Waals surface area contributed by atoms with E-state index in [2.05, 4.69) is 0 Å². The van der Waals surface area contributed by atoms with Crippen molar-refractivity contribution < 1.29 is 9.90 Å². The summed E-state index contributed by atoms with van der Waals surface area (Å²) in [7, 11) is 0. The second-order valence-corrected chi connectivity index (χ2v) is 5.92. The van der Waals surface area contributed by atoms with Gasteiger partial charge in [0, 0.05) is 23.5 Å². The van der Waals surface area contributed by atoms with Crippen LogP contribution in [0, 0.1) is 0 Å². The fraction of sp³-hybridized carbons (Fsp3) is 0.312. The number of anilines is 1. The molecular weight excluding hydrogens is 270 g/mol. The number of fused-ring (bicyclic) bond motifs is 1. The van der Waals surface area contributed by atoms with E-state index >= 15 is 0 Å². The molecule has 1 unspecified atom stereocenters. The van der Waals surface area contributed by atoms with Gasteiger partial charge in [0.1, 0.15) is 6.10 Å². The Morgan fingerprint density at radius 3 is 2.90 bits per heavy atom. The summed E-state index contributed by atoms with van der Waals surface area (Å²) in [6, 6.07) is 9.80. The Balaban J connectivity index is 1.96. The molecule has 3 nitrogen and oxygen atoms in total. The number of carbonyl (C=O) groups excluding carboxylic acids is 1. The molecule has 1 N–H and O–H groups in total. The molecule has 1 aliphatic rings. The summed E-state index contributed by atoms with van der Waals surface area (Å²) < 4.78 is 0. The molecule has 2 heterocycles. The van der Waals surface area contributed by atoms with Crippen LogP contribution in [0.5, 0.6) is 0 Å². The fourth-order valence-corrected chi connectivity index (χ4v) is 3.44. The second kappa shape index (κ2) is 5.38. The number of amides is 1. The molecule has 20 heavy (non-hydrogen) atoms. The predicted octanol–water partition coefficient (Wildman–Crippen LogP) is 3.13. The summed E-state index contributed by atoms with van der Waals surface area (Å²) in [6.07, 6.45) is 0.739. The maximum atomic E-state index is 11.9. The Kier molecular flexibility index (Phi) is 3.59. The van der Waals surface area contributed by atoms with Crippen LogP contribution in [-0.4, -0.2) is 17.6 Å². The Bertz CT molecular complexity index is 621. The lowest BCUT2D eigenvalue weighted by Gasteiger charge is -2.29. The maximum absolute atomic E-state index is 11.9.